The average Bonchev–Trinajstić information content (AvgIpc) is 2.74. The Kier molecular flexibility index (Phi) is 2.16. The molecule has 3 rings (SSSR count). The molecule has 0 N–H and O–H groups in total. The number of fused-ring (bicyclic) bond motifs is 2. The van der Waals surface area contributed by atoms with Crippen molar-refractivity contribution in [1.82, 2.24) is 4.90 Å². The summed E-state index contributed by atoms with van der Waals surface area (Å²) in [5.41, 5.74) is 3.57. The molecule has 0 radical (unpaired) electrons. The standard InChI is InChI=1S/C15H21N/c1-11-6-4-5-7-13(11)14-12(2)16-9-8-15(14,3)10-16/h4-7,12,14H,8-10H2,1-3H3. The average molecular weight is 215 g/mol. The van der Waals surface area contributed by atoms with Gasteiger partial charge < -0.3 is 0 Å². The fraction of sp³-hybridized carbons (Fsp3) is 0.600. The van der Waals surface area contributed by atoms with E-state index in [9.17, 15) is 0 Å². The van der Waals surface area contributed by atoms with Crippen LogP contribution in [0.3, 0.4) is 0 Å². The van der Waals surface area contributed by atoms with Crippen molar-refractivity contribution in [2.45, 2.75) is 39.2 Å². The maximum absolute atomic E-state index is 2.66. The SMILES string of the molecule is Cc1ccccc1C1C(C)N2CCC1(C)C2. The summed E-state index contributed by atoms with van der Waals surface area (Å²) in [5.74, 6) is 0.738. The Morgan fingerprint density at radius 1 is 1.31 bits per heavy atom. The van der Waals surface area contributed by atoms with Crippen LogP contribution >= 0.6 is 0 Å². The van der Waals surface area contributed by atoms with Crippen molar-refractivity contribution >= 4 is 0 Å². The fourth-order valence-corrected chi connectivity index (χ4v) is 3.99. The lowest BCUT2D eigenvalue weighted by Gasteiger charge is -2.36. The summed E-state index contributed by atoms with van der Waals surface area (Å²) >= 11 is 0. The van der Waals surface area contributed by atoms with Crippen LogP contribution < -0.4 is 0 Å². The summed E-state index contributed by atoms with van der Waals surface area (Å²) in [6.07, 6.45) is 1.37. The van der Waals surface area contributed by atoms with Crippen LogP contribution in [0.25, 0.3) is 0 Å². The zero-order valence-corrected chi connectivity index (χ0v) is 10.5. The van der Waals surface area contributed by atoms with E-state index >= 15 is 0 Å². The Labute approximate surface area is 98.5 Å². The second-order valence-electron chi connectivity index (χ2n) is 5.95. The van der Waals surface area contributed by atoms with E-state index in [1.807, 2.05) is 0 Å². The van der Waals surface area contributed by atoms with Crippen LogP contribution in [0, 0.1) is 12.3 Å². The molecule has 4 atom stereocenters. The summed E-state index contributed by atoms with van der Waals surface area (Å²) in [6, 6.07) is 9.66. The third-order valence-corrected chi connectivity index (χ3v) is 4.87. The Bertz CT molecular complexity index is 412. The Morgan fingerprint density at radius 2 is 2.06 bits per heavy atom. The lowest BCUT2D eigenvalue weighted by atomic mass is 9.70. The summed E-state index contributed by atoms with van der Waals surface area (Å²) in [4.78, 5) is 2.66. The van der Waals surface area contributed by atoms with Gasteiger partial charge in [-0.15, -0.1) is 0 Å². The molecular formula is C15H21N. The van der Waals surface area contributed by atoms with E-state index in [1.54, 1.807) is 5.56 Å². The summed E-state index contributed by atoms with van der Waals surface area (Å²) in [6.45, 7) is 9.75. The van der Waals surface area contributed by atoms with Crippen molar-refractivity contribution in [2.24, 2.45) is 5.41 Å². The lowest BCUT2D eigenvalue weighted by molar-refractivity contribution is 0.227. The number of hydrogen-bond acceptors (Lipinski definition) is 1. The second kappa shape index (κ2) is 3.33. The zero-order chi connectivity index (χ0) is 11.3. The molecule has 1 nitrogen and oxygen atoms in total. The molecule has 1 aromatic rings. The highest BCUT2D eigenvalue weighted by molar-refractivity contribution is 5.34. The maximum Gasteiger partial charge on any atom is 0.0142 e. The molecule has 0 amide bonds. The van der Waals surface area contributed by atoms with Crippen LogP contribution in [0.2, 0.25) is 0 Å². The van der Waals surface area contributed by atoms with Gasteiger partial charge >= 0.3 is 0 Å². The Hall–Kier alpha value is -0.820. The van der Waals surface area contributed by atoms with Gasteiger partial charge in [0, 0.05) is 18.5 Å². The molecule has 0 spiro atoms. The fourth-order valence-electron chi connectivity index (χ4n) is 3.99. The van der Waals surface area contributed by atoms with Crippen molar-refractivity contribution in [3.8, 4) is 0 Å². The number of piperidine rings is 1. The van der Waals surface area contributed by atoms with Gasteiger partial charge in [0.15, 0.2) is 0 Å². The van der Waals surface area contributed by atoms with Crippen LogP contribution in [0.15, 0.2) is 24.3 Å². The molecule has 2 aliphatic heterocycles. The van der Waals surface area contributed by atoms with E-state index in [0.717, 1.165) is 12.0 Å². The van der Waals surface area contributed by atoms with E-state index in [1.165, 1.54) is 25.1 Å². The third-order valence-electron chi connectivity index (χ3n) is 4.87. The summed E-state index contributed by atoms with van der Waals surface area (Å²) < 4.78 is 0. The van der Waals surface area contributed by atoms with Crippen LogP contribution in [0.1, 0.15) is 37.3 Å². The highest BCUT2D eigenvalue weighted by Crippen LogP contribution is 2.53. The van der Waals surface area contributed by atoms with Crippen molar-refractivity contribution in [3.63, 3.8) is 0 Å². The predicted molar refractivity (Wildman–Crippen MR) is 67.7 cm³/mol. The molecule has 0 saturated carbocycles. The molecule has 16 heavy (non-hydrogen) atoms. The molecule has 0 aliphatic carbocycles. The summed E-state index contributed by atoms with van der Waals surface area (Å²) in [5, 5.41) is 0. The number of hydrogen-bond donors (Lipinski definition) is 0. The molecule has 0 aromatic heterocycles. The largest absolute Gasteiger partial charge is 0.299 e. The van der Waals surface area contributed by atoms with Crippen LogP contribution in [0.5, 0.6) is 0 Å². The van der Waals surface area contributed by atoms with E-state index in [2.05, 4.69) is 49.9 Å². The minimum absolute atomic E-state index is 0.519. The van der Waals surface area contributed by atoms with Gasteiger partial charge in [0.25, 0.3) is 0 Å². The minimum Gasteiger partial charge on any atom is -0.299 e. The van der Waals surface area contributed by atoms with Crippen LogP contribution in [0.4, 0.5) is 0 Å². The zero-order valence-electron chi connectivity index (χ0n) is 10.5. The van der Waals surface area contributed by atoms with E-state index in [4.69, 9.17) is 0 Å². The first-order valence-electron chi connectivity index (χ1n) is 6.41. The molecule has 2 heterocycles. The van der Waals surface area contributed by atoms with Crippen LogP contribution in [-0.4, -0.2) is 24.0 Å². The molecule has 2 aliphatic rings. The molecular weight excluding hydrogens is 194 g/mol. The van der Waals surface area contributed by atoms with Gasteiger partial charge in [0.2, 0.25) is 0 Å². The van der Waals surface area contributed by atoms with Gasteiger partial charge in [-0.2, -0.15) is 0 Å². The van der Waals surface area contributed by atoms with Crippen molar-refractivity contribution in [3.05, 3.63) is 35.4 Å². The van der Waals surface area contributed by atoms with Gasteiger partial charge in [-0.1, -0.05) is 31.2 Å². The van der Waals surface area contributed by atoms with Gasteiger partial charge in [0.05, 0.1) is 0 Å². The first-order valence-corrected chi connectivity index (χ1v) is 6.41. The minimum atomic E-state index is 0.519. The molecule has 2 saturated heterocycles. The number of aryl methyl sites for hydroxylation is 1. The first kappa shape index (κ1) is 10.3. The number of benzene rings is 1. The number of rotatable bonds is 1. The topological polar surface area (TPSA) is 3.24 Å². The monoisotopic (exact) mass is 215 g/mol. The molecule has 1 aromatic carbocycles. The van der Waals surface area contributed by atoms with Crippen molar-refractivity contribution in [2.75, 3.05) is 13.1 Å². The quantitative estimate of drug-likeness (QED) is 0.695. The van der Waals surface area contributed by atoms with E-state index in [0.29, 0.717) is 5.41 Å². The predicted octanol–water partition coefficient (Wildman–Crippen LogP) is 3.19. The van der Waals surface area contributed by atoms with Gasteiger partial charge in [-0.3, -0.25) is 4.90 Å². The van der Waals surface area contributed by atoms with Crippen LogP contribution in [-0.2, 0) is 0 Å². The van der Waals surface area contributed by atoms with Crippen molar-refractivity contribution in [1.29, 1.82) is 0 Å². The molecule has 86 valence electrons. The Morgan fingerprint density at radius 3 is 2.69 bits per heavy atom. The van der Waals surface area contributed by atoms with E-state index < -0.39 is 0 Å². The first-order chi connectivity index (χ1) is 7.62. The number of nitrogens with zero attached hydrogens (tertiary/aromatic N) is 1. The normalized spacial score (nSPS) is 41.6. The van der Waals surface area contributed by atoms with Gasteiger partial charge in [-0.05, 0) is 43.4 Å². The lowest BCUT2D eigenvalue weighted by Crippen LogP contribution is -2.34. The molecule has 1 heteroatoms. The van der Waals surface area contributed by atoms with Gasteiger partial charge in [-0.25, -0.2) is 0 Å². The maximum atomic E-state index is 2.66. The molecule has 2 bridgehead atoms. The second-order valence-corrected chi connectivity index (χ2v) is 5.95. The Balaban J connectivity index is 2.05. The molecule has 4 unspecified atom stereocenters. The smallest absolute Gasteiger partial charge is 0.0142 e. The molecule has 2 fully saturated rings. The van der Waals surface area contributed by atoms with Gasteiger partial charge in [0.1, 0.15) is 0 Å². The third kappa shape index (κ3) is 1.27. The highest BCUT2D eigenvalue weighted by atomic mass is 15.2. The van der Waals surface area contributed by atoms with Crippen molar-refractivity contribution < 1.29 is 0 Å². The van der Waals surface area contributed by atoms with E-state index in [-0.39, 0.29) is 0 Å². The highest BCUT2D eigenvalue weighted by Gasteiger charge is 2.52. The summed E-state index contributed by atoms with van der Waals surface area (Å²) in [7, 11) is 0.